The van der Waals surface area contributed by atoms with Gasteiger partial charge in [-0.15, -0.1) is 0 Å². The molecule has 2 aromatic carbocycles. The molecule has 0 fully saturated rings. The van der Waals surface area contributed by atoms with E-state index in [0.29, 0.717) is 22.4 Å². The van der Waals surface area contributed by atoms with Crippen molar-refractivity contribution in [1.29, 1.82) is 0 Å². The highest BCUT2D eigenvalue weighted by atomic mass is 35.5. The zero-order valence-electron chi connectivity index (χ0n) is 9.88. The number of nitrogens with two attached hydrogens (primary N) is 1. The van der Waals surface area contributed by atoms with Gasteiger partial charge in [0.25, 0.3) is 5.89 Å². The summed E-state index contributed by atoms with van der Waals surface area (Å²) in [6, 6.07) is 14.6. The van der Waals surface area contributed by atoms with Gasteiger partial charge in [-0.05, 0) is 24.3 Å². The molecule has 1 heterocycles. The van der Waals surface area contributed by atoms with Crippen molar-refractivity contribution < 1.29 is 4.52 Å². The number of aromatic nitrogens is 2. The standard InChI is InChI=1S/C14H10ClN3O/c15-10-5-3-4-9(8-10)13-17-14(19-18-13)11-6-1-2-7-12(11)16/h1-8H,16H2. The van der Waals surface area contributed by atoms with E-state index < -0.39 is 0 Å². The second-order valence-electron chi connectivity index (χ2n) is 4.02. The average molecular weight is 272 g/mol. The Morgan fingerprint density at radius 3 is 2.68 bits per heavy atom. The van der Waals surface area contributed by atoms with Crippen molar-refractivity contribution in [2.75, 3.05) is 5.73 Å². The molecule has 1 aromatic heterocycles. The Morgan fingerprint density at radius 2 is 1.89 bits per heavy atom. The first-order valence-electron chi connectivity index (χ1n) is 5.68. The van der Waals surface area contributed by atoms with Crippen molar-refractivity contribution in [3.8, 4) is 22.8 Å². The summed E-state index contributed by atoms with van der Waals surface area (Å²) >= 11 is 5.94. The van der Waals surface area contributed by atoms with E-state index in [1.165, 1.54) is 0 Å². The molecule has 2 N–H and O–H groups in total. The van der Waals surface area contributed by atoms with Crippen molar-refractivity contribution in [3.63, 3.8) is 0 Å². The lowest BCUT2D eigenvalue weighted by Gasteiger charge is -1.98. The molecule has 3 rings (SSSR count). The van der Waals surface area contributed by atoms with Crippen LogP contribution in [0, 0.1) is 0 Å². The lowest BCUT2D eigenvalue weighted by Crippen LogP contribution is -1.89. The highest BCUT2D eigenvalue weighted by molar-refractivity contribution is 6.30. The van der Waals surface area contributed by atoms with Gasteiger partial charge < -0.3 is 10.3 Å². The molecule has 0 unspecified atom stereocenters. The molecule has 5 heteroatoms. The van der Waals surface area contributed by atoms with E-state index in [4.69, 9.17) is 21.9 Å². The van der Waals surface area contributed by atoms with Crippen LogP contribution in [0.25, 0.3) is 22.8 Å². The monoisotopic (exact) mass is 271 g/mol. The van der Waals surface area contributed by atoms with Crippen LogP contribution in [-0.4, -0.2) is 10.1 Å². The lowest BCUT2D eigenvalue weighted by molar-refractivity contribution is 0.432. The molecule has 0 aliphatic heterocycles. The SMILES string of the molecule is Nc1ccccc1-c1nc(-c2cccc(Cl)c2)no1. The van der Waals surface area contributed by atoms with Crippen LogP contribution in [0.4, 0.5) is 5.69 Å². The molecule has 0 aliphatic carbocycles. The third-order valence-electron chi connectivity index (χ3n) is 2.70. The normalized spacial score (nSPS) is 10.6. The Bertz CT molecular complexity index is 724. The zero-order valence-corrected chi connectivity index (χ0v) is 10.6. The Morgan fingerprint density at radius 1 is 1.05 bits per heavy atom. The molecule has 3 aromatic rings. The fourth-order valence-corrected chi connectivity index (χ4v) is 1.96. The molecule has 0 saturated heterocycles. The van der Waals surface area contributed by atoms with Gasteiger partial charge in [-0.25, -0.2) is 0 Å². The van der Waals surface area contributed by atoms with Crippen LogP contribution in [-0.2, 0) is 0 Å². The van der Waals surface area contributed by atoms with Crippen LogP contribution in [0.3, 0.4) is 0 Å². The largest absolute Gasteiger partial charge is 0.398 e. The molecule has 19 heavy (non-hydrogen) atoms. The minimum Gasteiger partial charge on any atom is -0.398 e. The van der Waals surface area contributed by atoms with Gasteiger partial charge in [0.1, 0.15) is 0 Å². The predicted molar refractivity (Wildman–Crippen MR) is 74.6 cm³/mol. The van der Waals surface area contributed by atoms with Gasteiger partial charge in [0.15, 0.2) is 0 Å². The Labute approximate surface area is 114 Å². The topological polar surface area (TPSA) is 64.9 Å². The number of nitrogens with zero attached hydrogens (tertiary/aromatic N) is 2. The van der Waals surface area contributed by atoms with Gasteiger partial charge in [0, 0.05) is 16.3 Å². The van der Waals surface area contributed by atoms with Gasteiger partial charge in [-0.1, -0.05) is 41.0 Å². The van der Waals surface area contributed by atoms with Crippen LogP contribution in [0.15, 0.2) is 53.1 Å². The highest BCUT2D eigenvalue weighted by Crippen LogP contribution is 2.27. The quantitative estimate of drug-likeness (QED) is 0.723. The molecule has 0 saturated carbocycles. The smallest absolute Gasteiger partial charge is 0.260 e. The summed E-state index contributed by atoms with van der Waals surface area (Å²) in [6.45, 7) is 0. The van der Waals surface area contributed by atoms with E-state index in [9.17, 15) is 0 Å². The van der Waals surface area contributed by atoms with Crippen molar-refractivity contribution in [1.82, 2.24) is 10.1 Å². The summed E-state index contributed by atoms with van der Waals surface area (Å²) in [7, 11) is 0. The van der Waals surface area contributed by atoms with Crippen LogP contribution >= 0.6 is 11.6 Å². The van der Waals surface area contributed by atoms with Crippen LogP contribution in [0.5, 0.6) is 0 Å². The van der Waals surface area contributed by atoms with Crippen molar-refractivity contribution in [2.24, 2.45) is 0 Å². The van der Waals surface area contributed by atoms with E-state index >= 15 is 0 Å². The van der Waals surface area contributed by atoms with E-state index in [-0.39, 0.29) is 0 Å². The molecule has 0 atom stereocenters. The number of anilines is 1. The third-order valence-corrected chi connectivity index (χ3v) is 2.94. The first-order valence-corrected chi connectivity index (χ1v) is 6.06. The average Bonchev–Trinajstić information content (AvgIpc) is 2.89. The van der Waals surface area contributed by atoms with Gasteiger partial charge in [-0.2, -0.15) is 4.98 Å². The van der Waals surface area contributed by atoms with Crippen LogP contribution in [0.1, 0.15) is 0 Å². The second kappa shape index (κ2) is 4.74. The lowest BCUT2D eigenvalue weighted by atomic mass is 10.2. The molecule has 0 spiro atoms. The molecule has 4 nitrogen and oxygen atoms in total. The molecule has 0 radical (unpaired) electrons. The molecule has 0 amide bonds. The summed E-state index contributed by atoms with van der Waals surface area (Å²) in [5.74, 6) is 0.883. The summed E-state index contributed by atoms with van der Waals surface area (Å²) in [4.78, 5) is 4.34. The number of halogens is 1. The maximum atomic E-state index is 5.94. The Kier molecular flexibility index (Phi) is 2.93. The summed E-state index contributed by atoms with van der Waals surface area (Å²) in [6.07, 6.45) is 0. The molecule has 94 valence electrons. The first kappa shape index (κ1) is 11.7. The molecule has 0 bridgehead atoms. The van der Waals surface area contributed by atoms with Crippen molar-refractivity contribution in [3.05, 3.63) is 53.6 Å². The number of benzene rings is 2. The minimum absolute atomic E-state index is 0.396. The summed E-state index contributed by atoms with van der Waals surface area (Å²) < 4.78 is 5.24. The van der Waals surface area contributed by atoms with Gasteiger partial charge >= 0.3 is 0 Å². The van der Waals surface area contributed by atoms with Gasteiger partial charge in [0.2, 0.25) is 5.82 Å². The van der Waals surface area contributed by atoms with Gasteiger partial charge in [-0.3, -0.25) is 0 Å². The number of hydrogen-bond donors (Lipinski definition) is 1. The van der Waals surface area contributed by atoms with Crippen molar-refractivity contribution >= 4 is 17.3 Å². The summed E-state index contributed by atoms with van der Waals surface area (Å²) in [5, 5.41) is 4.57. The third kappa shape index (κ3) is 2.30. The number of rotatable bonds is 2. The number of hydrogen-bond acceptors (Lipinski definition) is 4. The van der Waals surface area contributed by atoms with E-state index in [0.717, 1.165) is 11.1 Å². The highest BCUT2D eigenvalue weighted by Gasteiger charge is 2.12. The fourth-order valence-electron chi connectivity index (χ4n) is 1.77. The van der Waals surface area contributed by atoms with E-state index in [2.05, 4.69) is 10.1 Å². The van der Waals surface area contributed by atoms with E-state index in [1.54, 1.807) is 18.2 Å². The van der Waals surface area contributed by atoms with Crippen LogP contribution < -0.4 is 5.73 Å². The minimum atomic E-state index is 0.396. The molecular weight excluding hydrogens is 262 g/mol. The fraction of sp³-hybridized carbons (Fsp3) is 0. The predicted octanol–water partition coefficient (Wildman–Crippen LogP) is 3.64. The first-order chi connectivity index (χ1) is 9.24. The van der Waals surface area contributed by atoms with Gasteiger partial charge in [0.05, 0.1) is 5.56 Å². The zero-order chi connectivity index (χ0) is 13.2. The molecule has 0 aliphatic rings. The number of nitrogen functional groups attached to an aromatic ring is 1. The van der Waals surface area contributed by atoms with Crippen molar-refractivity contribution in [2.45, 2.75) is 0 Å². The molecular formula is C14H10ClN3O. The number of para-hydroxylation sites is 1. The maximum Gasteiger partial charge on any atom is 0.260 e. The van der Waals surface area contributed by atoms with E-state index in [1.807, 2.05) is 30.3 Å². The Hall–Kier alpha value is -2.33. The summed E-state index contributed by atoms with van der Waals surface area (Å²) in [5.41, 5.74) is 8.00. The Balaban J connectivity index is 2.03. The van der Waals surface area contributed by atoms with Crippen LogP contribution in [0.2, 0.25) is 5.02 Å². The second-order valence-corrected chi connectivity index (χ2v) is 4.46. The maximum absolute atomic E-state index is 5.94.